The van der Waals surface area contributed by atoms with Crippen LogP contribution in [-0.4, -0.2) is 31.7 Å². The largest absolute Gasteiger partial charge is 0.322 e. The highest BCUT2D eigenvalue weighted by atomic mass is 32.2. The fraction of sp³-hybridized carbons (Fsp3) is 0.458. The van der Waals surface area contributed by atoms with Crippen LogP contribution < -0.4 is 5.32 Å². The first-order valence-electron chi connectivity index (χ1n) is 10.5. The third kappa shape index (κ3) is 4.93. The van der Waals surface area contributed by atoms with Gasteiger partial charge in [0, 0.05) is 24.3 Å². The van der Waals surface area contributed by atoms with Crippen molar-refractivity contribution in [3.05, 3.63) is 59.7 Å². The Morgan fingerprint density at radius 1 is 0.967 bits per heavy atom. The molecule has 6 heteroatoms. The molecule has 1 fully saturated rings. The quantitative estimate of drug-likeness (QED) is 0.753. The second-order valence-electron chi connectivity index (χ2n) is 9.54. The summed E-state index contributed by atoms with van der Waals surface area (Å²) in [6.07, 6.45) is 1.04. The van der Waals surface area contributed by atoms with Crippen LogP contribution in [-0.2, 0) is 15.4 Å². The molecule has 0 spiro atoms. The maximum atomic E-state index is 13.0. The summed E-state index contributed by atoms with van der Waals surface area (Å²) in [5.41, 5.74) is 2.14. The molecule has 0 radical (unpaired) electrons. The molecule has 0 saturated carbocycles. The lowest BCUT2D eigenvalue weighted by Crippen LogP contribution is -2.42. The van der Waals surface area contributed by atoms with E-state index in [9.17, 15) is 13.2 Å². The zero-order valence-corrected chi connectivity index (χ0v) is 19.3. The minimum atomic E-state index is -3.55. The molecule has 0 aliphatic carbocycles. The molecule has 0 bridgehead atoms. The molecule has 162 valence electrons. The number of rotatable bonds is 4. The number of sulfonamides is 1. The number of hydrogen-bond acceptors (Lipinski definition) is 3. The number of carbonyl (C=O) groups is 1. The number of hydrogen-bond donors (Lipinski definition) is 1. The number of para-hydroxylation sites is 1. The molecule has 3 rings (SSSR count). The Balaban J connectivity index is 1.78. The van der Waals surface area contributed by atoms with Crippen LogP contribution in [0.25, 0.3) is 0 Å². The Labute approximate surface area is 180 Å². The molecular weight excluding hydrogens is 396 g/mol. The zero-order valence-electron chi connectivity index (χ0n) is 18.5. The van der Waals surface area contributed by atoms with Crippen LogP contribution in [0.2, 0.25) is 0 Å². The van der Waals surface area contributed by atoms with Crippen molar-refractivity contribution in [2.75, 3.05) is 18.4 Å². The van der Waals surface area contributed by atoms with E-state index in [0.29, 0.717) is 30.5 Å². The highest BCUT2D eigenvalue weighted by Gasteiger charge is 2.31. The monoisotopic (exact) mass is 428 g/mol. The van der Waals surface area contributed by atoms with E-state index >= 15 is 0 Å². The van der Waals surface area contributed by atoms with Gasteiger partial charge in [-0.15, -0.1) is 0 Å². The first kappa shape index (κ1) is 22.5. The zero-order chi connectivity index (χ0) is 22.1. The van der Waals surface area contributed by atoms with Crippen molar-refractivity contribution in [3.63, 3.8) is 0 Å². The second kappa shape index (κ2) is 8.52. The van der Waals surface area contributed by atoms with E-state index in [4.69, 9.17) is 0 Å². The van der Waals surface area contributed by atoms with Crippen molar-refractivity contribution in [1.82, 2.24) is 4.31 Å². The molecular formula is C24H32N2O3S. The van der Waals surface area contributed by atoms with Gasteiger partial charge in [-0.05, 0) is 59.6 Å². The van der Waals surface area contributed by atoms with E-state index in [2.05, 4.69) is 39.9 Å². The van der Waals surface area contributed by atoms with E-state index in [1.54, 1.807) is 16.4 Å². The van der Waals surface area contributed by atoms with E-state index < -0.39 is 10.0 Å². The van der Waals surface area contributed by atoms with Crippen LogP contribution in [0.5, 0.6) is 0 Å². The van der Waals surface area contributed by atoms with Gasteiger partial charge in [0.2, 0.25) is 10.0 Å². The van der Waals surface area contributed by atoms with Gasteiger partial charge in [0.1, 0.15) is 0 Å². The van der Waals surface area contributed by atoms with Gasteiger partial charge in [0.05, 0.1) is 4.90 Å². The van der Waals surface area contributed by atoms with Crippen molar-refractivity contribution in [2.45, 2.75) is 51.3 Å². The SMILES string of the molecule is C[C@@H]1C[C@H](C)CN(S(=O)(=O)c2ccc(C(=O)Nc3ccccc3C(C)(C)C)cc2)C1. The molecule has 1 aliphatic rings. The first-order valence-corrected chi connectivity index (χ1v) is 11.9. The van der Waals surface area contributed by atoms with E-state index in [0.717, 1.165) is 17.7 Å². The summed E-state index contributed by atoms with van der Waals surface area (Å²) in [5.74, 6) is 0.434. The molecule has 2 aromatic rings. The Bertz CT molecular complexity index is 997. The molecule has 1 saturated heterocycles. The van der Waals surface area contributed by atoms with Crippen molar-refractivity contribution in [2.24, 2.45) is 11.8 Å². The van der Waals surface area contributed by atoms with Gasteiger partial charge in [-0.2, -0.15) is 4.31 Å². The van der Waals surface area contributed by atoms with Crippen LogP contribution in [0.1, 0.15) is 57.0 Å². The highest BCUT2D eigenvalue weighted by molar-refractivity contribution is 7.89. The Morgan fingerprint density at radius 2 is 1.53 bits per heavy atom. The fourth-order valence-corrected chi connectivity index (χ4v) is 5.85. The predicted molar refractivity (Wildman–Crippen MR) is 121 cm³/mol. The summed E-state index contributed by atoms with van der Waals surface area (Å²) >= 11 is 0. The normalized spacial score (nSPS) is 20.7. The van der Waals surface area contributed by atoms with Crippen LogP contribution >= 0.6 is 0 Å². The Kier molecular flexibility index (Phi) is 6.39. The number of anilines is 1. The summed E-state index contributed by atoms with van der Waals surface area (Å²) in [6, 6.07) is 14.0. The summed E-state index contributed by atoms with van der Waals surface area (Å²) in [6.45, 7) is 11.5. The van der Waals surface area contributed by atoms with Gasteiger partial charge in [-0.3, -0.25) is 4.79 Å². The van der Waals surface area contributed by atoms with Crippen molar-refractivity contribution >= 4 is 21.6 Å². The molecule has 1 aliphatic heterocycles. The second-order valence-corrected chi connectivity index (χ2v) is 11.5. The van der Waals surface area contributed by atoms with Crippen molar-refractivity contribution in [1.29, 1.82) is 0 Å². The highest BCUT2D eigenvalue weighted by Crippen LogP contribution is 2.30. The third-order valence-corrected chi connectivity index (χ3v) is 7.42. The molecule has 2 atom stereocenters. The number of carbonyl (C=O) groups excluding carboxylic acids is 1. The molecule has 1 amide bonds. The summed E-state index contributed by atoms with van der Waals surface area (Å²) < 4.78 is 27.6. The van der Waals surface area contributed by atoms with Gasteiger partial charge in [0.15, 0.2) is 0 Å². The maximum absolute atomic E-state index is 13.0. The average Bonchev–Trinajstić information content (AvgIpc) is 2.67. The lowest BCUT2D eigenvalue weighted by Gasteiger charge is -2.34. The minimum Gasteiger partial charge on any atom is -0.322 e. The van der Waals surface area contributed by atoms with E-state index in [1.807, 2.05) is 24.3 Å². The lowest BCUT2D eigenvalue weighted by molar-refractivity contribution is 0.102. The topological polar surface area (TPSA) is 66.5 Å². The number of nitrogens with one attached hydrogen (secondary N) is 1. The minimum absolute atomic E-state index is 0.107. The molecule has 1 N–H and O–H groups in total. The molecule has 2 aromatic carbocycles. The molecule has 5 nitrogen and oxygen atoms in total. The molecule has 1 heterocycles. The molecule has 0 aromatic heterocycles. The van der Waals surface area contributed by atoms with Gasteiger partial charge in [-0.1, -0.05) is 52.8 Å². The Morgan fingerprint density at radius 3 is 2.10 bits per heavy atom. The number of benzene rings is 2. The summed E-state index contributed by atoms with van der Waals surface area (Å²) in [7, 11) is -3.55. The number of amides is 1. The molecule has 0 unspecified atom stereocenters. The van der Waals surface area contributed by atoms with Gasteiger partial charge >= 0.3 is 0 Å². The van der Waals surface area contributed by atoms with Crippen LogP contribution in [0.3, 0.4) is 0 Å². The van der Waals surface area contributed by atoms with Gasteiger partial charge < -0.3 is 5.32 Å². The standard InChI is InChI=1S/C24H32N2O3S/c1-17-14-18(2)16-26(15-17)30(28,29)20-12-10-19(11-13-20)23(27)25-22-9-7-6-8-21(22)24(3,4)5/h6-13,17-18H,14-16H2,1-5H3,(H,25,27)/t17-,18+. The summed E-state index contributed by atoms with van der Waals surface area (Å²) in [5, 5.41) is 2.97. The van der Waals surface area contributed by atoms with Gasteiger partial charge in [-0.25, -0.2) is 8.42 Å². The Hall–Kier alpha value is -2.18. The molecule has 30 heavy (non-hydrogen) atoms. The van der Waals surface area contributed by atoms with Crippen LogP contribution in [0.15, 0.2) is 53.4 Å². The average molecular weight is 429 g/mol. The van der Waals surface area contributed by atoms with Crippen molar-refractivity contribution < 1.29 is 13.2 Å². The third-order valence-electron chi connectivity index (χ3n) is 5.57. The van der Waals surface area contributed by atoms with E-state index in [-0.39, 0.29) is 16.2 Å². The van der Waals surface area contributed by atoms with Crippen molar-refractivity contribution in [3.8, 4) is 0 Å². The number of piperidine rings is 1. The smallest absolute Gasteiger partial charge is 0.255 e. The van der Waals surface area contributed by atoms with Crippen LogP contribution in [0, 0.1) is 11.8 Å². The first-order chi connectivity index (χ1) is 14.0. The lowest BCUT2D eigenvalue weighted by atomic mass is 9.86. The summed E-state index contributed by atoms with van der Waals surface area (Å²) in [4.78, 5) is 13.0. The fourth-order valence-electron chi connectivity index (χ4n) is 4.17. The van der Waals surface area contributed by atoms with Gasteiger partial charge in [0.25, 0.3) is 5.91 Å². The van der Waals surface area contributed by atoms with E-state index in [1.165, 1.54) is 12.1 Å². The maximum Gasteiger partial charge on any atom is 0.255 e. The van der Waals surface area contributed by atoms with Crippen LogP contribution in [0.4, 0.5) is 5.69 Å². The number of nitrogens with zero attached hydrogens (tertiary/aromatic N) is 1. The predicted octanol–water partition coefficient (Wildman–Crippen LogP) is 4.90.